The molecule has 2 aromatic heterocycles. The molecule has 8 heteroatoms. The first-order valence-corrected chi connectivity index (χ1v) is 5.86. The van der Waals surface area contributed by atoms with E-state index in [1.165, 1.54) is 11.0 Å². The van der Waals surface area contributed by atoms with Crippen molar-refractivity contribution in [3.63, 3.8) is 0 Å². The predicted octanol–water partition coefficient (Wildman–Crippen LogP) is -0.591. The third-order valence-corrected chi connectivity index (χ3v) is 3.02. The van der Waals surface area contributed by atoms with Gasteiger partial charge in [0, 0.05) is 20.2 Å². The third-order valence-electron chi connectivity index (χ3n) is 3.02. The van der Waals surface area contributed by atoms with E-state index < -0.39 is 5.69 Å². The van der Waals surface area contributed by atoms with Crippen LogP contribution in [0, 0.1) is 10.4 Å². The molecule has 3 aromatic rings. The SMILES string of the molecule is CN(C)c1nc(=O)[nH]c2c1[n+]([O-])c1ccccc1[n+]2[O-]. The smallest absolute Gasteiger partial charge is 0.435 e. The van der Waals surface area contributed by atoms with E-state index in [1.807, 2.05) is 0 Å². The minimum atomic E-state index is -0.680. The van der Waals surface area contributed by atoms with Gasteiger partial charge in [0.15, 0.2) is 0 Å². The average molecular weight is 273 g/mol. The van der Waals surface area contributed by atoms with Gasteiger partial charge in [0.25, 0.3) is 5.52 Å². The quantitative estimate of drug-likeness (QED) is 0.362. The molecule has 20 heavy (non-hydrogen) atoms. The summed E-state index contributed by atoms with van der Waals surface area (Å²) in [6, 6.07) is 6.37. The maximum Gasteiger partial charge on any atom is 0.435 e. The average Bonchev–Trinajstić information content (AvgIpc) is 2.43. The first kappa shape index (κ1) is 12.2. The Morgan fingerprint density at radius 2 is 1.75 bits per heavy atom. The Bertz CT molecular complexity index is 888. The summed E-state index contributed by atoms with van der Waals surface area (Å²) in [5.74, 6) is 0.147. The predicted molar refractivity (Wildman–Crippen MR) is 72.1 cm³/mol. The third kappa shape index (κ3) is 1.54. The number of hydrogen-bond acceptors (Lipinski definition) is 5. The Labute approximate surface area is 112 Å². The van der Waals surface area contributed by atoms with Crippen LogP contribution in [0.3, 0.4) is 0 Å². The molecule has 3 rings (SSSR count). The second-order valence-electron chi connectivity index (χ2n) is 4.53. The maximum absolute atomic E-state index is 12.5. The summed E-state index contributed by atoms with van der Waals surface area (Å²) in [6.45, 7) is 0. The molecular weight excluding hydrogens is 262 g/mol. The van der Waals surface area contributed by atoms with Crippen LogP contribution in [-0.2, 0) is 0 Å². The van der Waals surface area contributed by atoms with Crippen molar-refractivity contribution >= 4 is 28.0 Å². The van der Waals surface area contributed by atoms with Gasteiger partial charge in [0.1, 0.15) is 0 Å². The topological polar surface area (TPSA) is 103 Å². The molecule has 0 aliphatic heterocycles. The number of aromatic nitrogens is 4. The van der Waals surface area contributed by atoms with Gasteiger partial charge in [0.05, 0.1) is 0 Å². The molecular formula is C12H11N5O3. The molecule has 0 spiro atoms. The number of hydrogen-bond donors (Lipinski definition) is 1. The molecule has 0 bridgehead atoms. The van der Waals surface area contributed by atoms with Gasteiger partial charge >= 0.3 is 16.9 Å². The van der Waals surface area contributed by atoms with E-state index in [2.05, 4.69) is 9.97 Å². The molecule has 0 saturated carbocycles. The van der Waals surface area contributed by atoms with E-state index >= 15 is 0 Å². The van der Waals surface area contributed by atoms with E-state index in [1.54, 1.807) is 32.3 Å². The summed E-state index contributed by atoms with van der Waals surface area (Å²) < 4.78 is 1.15. The number of fused-ring (bicyclic) bond motifs is 2. The summed E-state index contributed by atoms with van der Waals surface area (Å²) in [5, 5.41) is 24.8. The molecule has 0 aliphatic carbocycles. The molecule has 0 fully saturated rings. The molecule has 0 radical (unpaired) electrons. The molecule has 0 amide bonds. The van der Waals surface area contributed by atoms with E-state index in [-0.39, 0.29) is 28.0 Å². The van der Waals surface area contributed by atoms with Crippen LogP contribution in [0.1, 0.15) is 0 Å². The lowest BCUT2D eigenvalue weighted by atomic mass is 10.3. The van der Waals surface area contributed by atoms with Crippen LogP contribution < -0.4 is 20.1 Å². The number of aromatic amines is 1. The van der Waals surface area contributed by atoms with Gasteiger partial charge < -0.3 is 15.3 Å². The summed E-state index contributed by atoms with van der Waals surface area (Å²) in [7, 11) is 3.29. The highest BCUT2D eigenvalue weighted by molar-refractivity contribution is 5.81. The van der Waals surface area contributed by atoms with Gasteiger partial charge in [-0.1, -0.05) is 12.1 Å². The Hall–Kier alpha value is -2.90. The zero-order valence-electron chi connectivity index (χ0n) is 10.8. The zero-order chi connectivity index (χ0) is 14.4. The summed E-state index contributed by atoms with van der Waals surface area (Å²) in [4.78, 5) is 19.1. The lowest BCUT2D eigenvalue weighted by Gasteiger charge is -2.14. The van der Waals surface area contributed by atoms with Crippen LogP contribution in [0.25, 0.3) is 22.2 Å². The van der Waals surface area contributed by atoms with Crippen molar-refractivity contribution in [2.24, 2.45) is 0 Å². The van der Waals surface area contributed by atoms with Crippen LogP contribution in [0.2, 0.25) is 0 Å². The standard InChI is InChI=1S/C12H11N5O3/c1-15(2)10-9-11(14-12(18)13-10)17(20)8-6-4-3-5-7(8)16(9)19/h3-6H,1-2H3,(H,13,14,18). The van der Waals surface area contributed by atoms with E-state index in [0.717, 1.165) is 0 Å². The molecule has 1 N–H and O–H groups in total. The molecule has 0 saturated heterocycles. The molecule has 102 valence electrons. The molecule has 0 aliphatic rings. The Morgan fingerprint density at radius 1 is 1.15 bits per heavy atom. The Kier molecular flexibility index (Phi) is 2.46. The van der Waals surface area contributed by atoms with Gasteiger partial charge in [-0.2, -0.15) is 9.71 Å². The van der Waals surface area contributed by atoms with Crippen molar-refractivity contribution in [2.75, 3.05) is 19.0 Å². The lowest BCUT2D eigenvalue weighted by molar-refractivity contribution is -0.592. The fourth-order valence-electron chi connectivity index (χ4n) is 2.14. The molecule has 2 heterocycles. The summed E-state index contributed by atoms with van der Waals surface area (Å²) in [6.07, 6.45) is 0. The van der Waals surface area contributed by atoms with Crippen LogP contribution >= 0.6 is 0 Å². The number of anilines is 1. The number of nitrogens with one attached hydrogen (secondary N) is 1. The normalized spacial score (nSPS) is 11.1. The molecule has 0 unspecified atom stereocenters. The monoisotopic (exact) mass is 273 g/mol. The molecule has 1 aromatic carbocycles. The van der Waals surface area contributed by atoms with Crippen molar-refractivity contribution in [1.29, 1.82) is 0 Å². The highest BCUT2D eigenvalue weighted by Crippen LogP contribution is 2.16. The first-order chi connectivity index (χ1) is 9.50. The molecule has 0 atom stereocenters. The number of benzene rings is 1. The summed E-state index contributed by atoms with van der Waals surface area (Å²) in [5.41, 5.74) is -0.361. The van der Waals surface area contributed by atoms with E-state index in [4.69, 9.17) is 0 Å². The Morgan fingerprint density at radius 3 is 2.35 bits per heavy atom. The van der Waals surface area contributed by atoms with Crippen molar-refractivity contribution in [1.82, 2.24) is 9.97 Å². The van der Waals surface area contributed by atoms with Crippen molar-refractivity contribution in [3.05, 3.63) is 45.2 Å². The first-order valence-electron chi connectivity index (χ1n) is 5.86. The highest BCUT2D eigenvalue weighted by atomic mass is 16.5. The zero-order valence-corrected chi connectivity index (χ0v) is 10.8. The maximum atomic E-state index is 12.5. The lowest BCUT2D eigenvalue weighted by Crippen LogP contribution is -2.42. The van der Waals surface area contributed by atoms with Crippen LogP contribution in [0.5, 0.6) is 0 Å². The van der Waals surface area contributed by atoms with Gasteiger partial charge in [-0.3, -0.25) is 0 Å². The van der Waals surface area contributed by atoms with Crippen molar-refractivity contribution in [2.45, 2.75) is 0 Å². The van der Waals surface area contributed by atoms with Crippen LogP contribution in [0.4, 0.5) is 5.82 Å². The minimum Gasteiger partial charge on any atom is -0.710 e. The van der Waals surface area contributed by atoms with E-state index in [9.17, 15) is 15.2 Å². The number of rotatable bonds is 1. The highest BCUT2D eigenvalue weighted by Gasteiger charge is 2.26. The summed E-state index contributed by atoms with van der Waals surface area (Å²) >= 11 is 0. The van der Waals surface area contributed by atoms with Gasteiger partial charge in [-0.25, -0.2) is 9.52 Å². The molecule has 8 nitrogen and oxygen atoms in total. The van der Waals surface area contributed by atoms with Crippen molar-refractivity contribution < 1.29 is 9.46 Å². The number of para-hydroxylation sites is 2. The minimum absolute atomic E-state index is 0.0308. The van der Waals surface area contributed by atoms with Crippen LogP contribution in [-0.4, -0.2) is 24.1 Å². The largest absolute Gasteiger partial charge is 0.710 e. The fourth-order valence-corrected chi connectivity index (χ4v) is 2.14. The van der Waals surface area contributed by atoms with Gasteiger partial charge in [-0.15, -0.1) is 4.98 Å². The number of nitrogens with zero attached hydrogens (tertiary/aromatic N) is 4. The second-order valence-corrected chi connectivity index (χ2v) is 4.53. The number of H-pyrrole nitrogens is 1. The fraction of sp³-hybridized carbons (Fsp3) is 0.167. The van der Waals surface area contributed by atoms with Gasteiger partial charge in [0.2, 0.25) is 11.3 Å². The van der Waals surface area contributed by atoms with Crippen LogP contribution in [0.15, 0.2) is 29.1 Å². The Balaban J connectivity index is 2.66. The van der Waals surface area contributed by atoms with Gasteiger partial charge in [-0.05, 0) is 6.07 Å². The van der Waals surface area contributed by atoms with E-state index in [0.29, 0.717) is 9.46 Å². The second kappa shape index (κ2) is 4.05. The van der Waals surface area contributed by atoms with Crippen molar-refractivity contribution in [3.8, 4) is 0 Å².